The number of fused-ring (bicyclic) bond motifs is 1. The van der Waals surface area contributed by atoms with Crippen LogP contribution in [0.5, 0.6) is 0 Å². The van der Waals surface area contributed by atoms with Crippen molar-refractivity contribution in [2.24, 2.45) is 0 Å². The van der Waals surface area contributed by atoms with Crippen LogP contribution in [0.25, 0.3) is 10.9 Å². The highest BCUT2D eigenvalue weighted by atomic mass is 32.2. The van der Waals surface area contributed by atoms with Crippen molar-refractivity contribution in [1.82, 2.24) is 20.2 Å². The number of aromatic nitrogens is 4. The normalized spacial score (nSPS) is 11.6. The van der Waals surface area contributed by atoms with E-state index in [0.29, 0.717) is 28.2 Å². The van der Waals surface area contributed by atoms with E-state index in [9.17, 15) is 12.8 Å². The van der Waals surface area contributed by atoms with Crippen molar-refractivity contribution >= 4 is 44.0 Å². The lowest BCUT2D eigenvalue weighted by Gasteiger charge is -2.13. The molecule has 0 amide bonds. The van der Waals surface area contributed by atoms with Gasteiger partial charge in [0.25, 0.3) is 0 Å². The Morgan fingerprint density at radius 2 is 1.87 bits per heavy atom. The summed E-state index contributed by atoms with van der Waals surface area (Å²) in [4.78, 5) is 8.82. The number of aryl methyl sites for hydroxylation is 1. The number of rotatable bonds is 5. The van der Waals surface area contributed by atoms with Gasteiger partial charge in [0.15, 0.2) is 15.7 Å². The van der Waals surface area contributed by atoms with Crippen molar-refractivity contribution in [1.29, 1.82) is 0 Å². The van der Waals surface area contributed by atoms with Crippen molar-refractivity contribution in [3.63, 3.8) is 0 Å². The number of aromatic amines is 1. The second-order valence-corrected chi connectivity index (χ2v) is 8.98. The first-order valence-electron chi connectivity index (χ1n) is 9.03. The molecule has 0 bridgehead atoms. The molecule has 0 radical (unpaired) electrons. The predicted octanol–water partition coefficient (Wildman–Crippen LogP) is 4.00. The smallest absolute Gasteiger partial charge is 0.229 e. The van der Waals surface area contributed by atoms with Crippen molar-refractivity contribution in [2.45, 2.75) is 18.7 Å². The van der Waals surface area contributed by atoms with Crippen LogP contribution < -0.4 is 10.6 Å². The van der Waals surface area contributed by atoms with Gasteiger partial charge in [0.2, 0.25) is 5.95 Å². The summed E-state index contributed by atoms with van der Waals surface area (Å²) in [5.41, 5.74) is 3.01. The number of anilines is 4. The van der Waals surface area contributed by atoms with E-state index in [1.54, 1.807) is 30.5 Å². The van der Waals surface area contributed by atoms with Gasteiger partial charge >= 0.3 is 0 Å². The number of hydrogen-bond donors (Lipinski definition) is 3. The zero-order valence-corrected chi connectivity index (χ0v) is 17.3. The molecule has 0 aliphatic rings. The summed E-state index contributed by atoms with van der Waals surface area (Å²) in [5, 5.41) is 13.7. The maximum Gasteiger partial charge on any atom is 0.229 e. The Hall–Kier alpha value is -3.53. The van der Waals surface area contributed by atoms with Crippen LogP contribution in [0.4, 0.5) is 27.7 Å². The molecule has 0 aliphatic heterocycles. The average molecular weight is 426 g/mol. The summed E-state index contributed by atoms with van der Waals surface area (Å²) in [6.45, 7) is 3.73. The maximum absolute atomic E-state index is 13.6. The van der Waals surface area contributed by atoms with Gasteiger partial charge < -0.3 is 10.6 Å². The Labute approximate surface area is 172 Å². The molecule has 4 rings (SSSR count). The van der Waals surface area contributed by atoms with Crippen LogP contribution in [0.1, 0.15) is 11.1 Å². The minimum absolute atomic E-state index is 0.215. The van der Waals surface area contributed by atoms with Gasteiger partial charge in [0.05, 0.1) is 10.4 Å². The molecule has 2 aromatic carbocycles. The summed E-state index contributed by atoms with van der Waals surface area (Å²) in [5.74, 6) is 0.784. The minimum Gasteiger partial charge on any atom is -0.324 e. The largest absolute Gasteiger partial charge is 0.324 e. The average Bonchev–Trinajstić information content (AvgIpc) is 3.06. The molecular formula is C20H19FN6O2S. The second-order valence-electron chi connectivity index (χ2n) is 6.96. The topological polar surface area (TPSA) is 113 Å². The van der Waals surface area contributed by atoms with Gasteiger partial charge in [0, 0.05) is 23.5 Å². The fourth-order valence-corrected chi connectivity index (χ4v) is 3.70. The predicted molar refractivity (Wildman–Crippen MR) is 114 cm³/mol. The third-order valence-corrected chi connectivity index (χ3v) is 5.83. The minimum atomic E-state index is -3.36. The molecule has 10 heteroatoms. The molecular weight excluding hydrogens is 407 g/mol. The number of halogens is 1. The number of nitrogens with zero attached hydrogens (tertiary/aromatic N) is 3. The molecule has 0 saturated heterocycles. The Morgan fingerprint density at radius 1 is 1.07 bits per heavy atom. The fourth-order valence-electron chi connectivity index (χ4n) is 2.98. The fraction of sp³-hybridized carbons (Fsp3) is 0.150. The number of hydrogen-bond acceptors (Lipinski definition) is 7. The lowest BCUT2D eigenvalue weighted by molar-refractivity contribution is 0.602. The summed E-state index contributed by atoms with van der Waals surface area (Å²) in [6, 6.07) is 9.18. The van der Waals surface area contributed by atoms with E-state index < -0.39 is 9.84 Å². The molecule has 0 fully saturated rings. The molecule has 2 aromatic heterocycles. The Kier molecular flexibility index (Phi) is 4.86. The van der Waals surface area contributed by atoms with E-state index in [4.69, 9.17) is 0 Å². The molecule has 8 nitrogen and oxygen atoms in total. The molecule has 154 valence electrons. The molecule has 2 heterocycles. The van der Waals surface area contributed by atoms with E-state index >= 15 is 0 Å². The van der Waals surface area contributed by atoms with E-state index in [-0.39, 0.29) is 16.7 Å². The van der Waals surface area contributed by atoms with Gasteiger partial charge in [-0.05, 0) is 61.4 Å². The monoisotopic (exact) mass is 426 g/mol. The lowest BCUT2D eigenvalue weighted by atomic mass is 10.1. The van der Waals surface area contributed by atoms with Gasteiger partial charge in [-0.2, -0.15) is 10.1 Å². The first-order chi connectivity index (χ1) is 14.2. The number of sulfone groups is 1. The highest BCUT2D eigenvalue weighted by Gasteiger charge is 2.14. The van der Waals surface area contributed by atoms with E-state index in [1.165, 1.54) is 18.4 Å². The lowest BCUT2D eigenvalue weighted by Crippen LogP contribution is -2.05. The molecule has 4 aromatic rings. The van der Waals surface area contributed by atoms with Gasteiger partial charge in [-0.15, -0.1) is 0 Å². The summed E-state index contributed by atoms with van der Waals surface area (Å²) in [6.07, 6.45) is 2.72. The van der Waals surface area contributed by atoms with Gasteiger partial charge in [-0.1, -0.05) is 0 Å². The van der Waals surface area contributed by atoms with E-state index in [2.05, 4.69) is 30.8 Å². The van der Waals surface area contributed by atoms with Crippen LogP contribution in [-0.4, -0.2) is 34.8 Å². The van der Waals surface area contributed by atoms with Crippen molar-refractivity contribution < 1.29 is 12.8 Å². The third kappa shape index (κ3) is 3.94. The first kappa shape index (κ1) is 19.8. The van der Waals surface area contributed by atoms with Crippen molar-refractivity contribution in [3.8, 4) is 0 Å². The highest BCUT2D eigenvalue weighted by molar-refractivity contribution is 7.90. The van der Waals surface area contributed by atoms with Crippen molar-refractivity contribution in [2.75, 3.05) is 16.9 Å². The standard InChI is InChI=1S/C20H19FN6O2S/c1-11-8-14(30(3,28)29)10-17(12(11)2)23-20-22-7-6-18(25-20)24-19-15-9-13(21)4-5-16(15)26-27-19/h4-10H,1-3H3,(H3,22,23,24,25,26,27). The van der Waals surface area contributed by atoms with E-state index in [0.717, 1.165) is 11.1 Å². The highest BCUT2D eigenvalue weighted by Crippen LogP contribution is 2.27. The van der Waals surface area contributed by atoms with Crippen molar-refractivity contribution in [3.05, 3.63) is 59.5 Å². The Morgan fingerprint density at radius 3 is 2.63 bits per heavy atom. The zero-order chi connectivity index (χ0) is 21.5. The van der Waals surface area contributed by atoms with E-state index in [1.807, 2.05) is 13.8 Å². The second kappa shape index (κ2) is 7.38. The van der Waals surface area contributed by atoms with Crippen LogP contribution in [0.15, 0.2) is 47.5 Å². The SMILES string of the molecule is Cc1cc(S(C)(=O)=O)cc(Nc2nccc(Nc3n[nH]c4ccc(F)cc34)n2)c1C. The Balaban J connectivity index is 1.64. The van der Waals surface area contributed by atoms with Crippen LogP contribution >= 0.6 is 0 Å². The maximum atomic E-state index is 13.6. The Bertz CT molecular complexity index is 1370. The molecule has 3 N–H and O–H groups in total. The molecule has 0 saturated carbocycles. The van der Waals surface area contributed by atoms with Crippen LogP contribution in [0, 0.1) is 19.7 Å². The van der Waals surface area contributed by atoms with Gasteiger partial charge in [-0.3, -0.25) is 5.10 Å². The number of nitrogens with one attached hydrogen (secondary N) is 3. The quantitative estimate of drug-likeness (QED) is 0.442. The molecule has 0 atom stereocenters. The third-order valence-electron chi connectivity index (χ3n) is 4.74. The zero-order valence-electron chi connectivity index (χ0n) is 16.5. The van der Waals surface area contributed by atoms with Crippen LogP contribution in [-0.2, 0) is 9.84 Å². The number of H-pyrrole nitrogens is 1. The summed E-state index contributed by atoms with van der Waals surface area (Å²) in [7, 11) is -3.36. The summed E-state index contributed by atoms with van der Waals surface area (Å²) < 4.78 is 37.5. The number of benzene rings is 2. The first-order valence-corrected chi connectivity index (χ1v) is 10.9. The molecule has 0 unspecified atom stereocenters. The molecule has 30 heavy (non-hydrogen) atoms. The van der Waals surface area contributed by atoms with Gasteiger partial charge in [0.1, 0.15) is 11.6 Å². The molecule has 0 spiro atoms. The van der Waals surface area contributed by atoms with Crippen LogP contribution in [0.3, 0.4) is 0 Å². The van der Waals surface area contributed by atoms with Crippen LogP contribution in [0.2, 0.25) is 0 Å². The van der Waals surface area contributed by atoms with Gasteiger partial charge in [-0.25, -0.2) is 17.8 Å². The molecule has 0 aliphatic carbocycles. The summed E-state index contributed by atoms with van der Waals surface area (Å²) >= 11 is 0.